The van der Waals surface area contributed by atoms with Gasteiger partial charge in [-0.1, -0.05) is 31.5 Å². The Morgan fingerprint density at radius 3 is 2.83 bits per heavy atom. The molecule has 7 nitrogen and oxygen atoms in total. The summed E-state index contributed by atoms with van der Waals surface area (Å²) in [6.45, 7) is 3.84. The van der Waals surface area contributed by atoms with Gasteiger partial charge in [-0.2, -0.15) is 0 Å². The van der Waals surface area contributed by atoms with Crippen molar-refractivity contribution in [2.75, 3.05) is 20.7 Å². The molecule has 1 N–H and O–H groups in total. The normalized spacial score (nSPS) is 12.9. The van der Waals surface area contributed by atoms with Crippen molar-refractivity contribution in [3.05, 3.63) is 47.0 Å². The second-order valence-electron chi connectivity index (χ2n) is 7.41. The van der Waals surface area contributed by atoms with Crippen molar-refractivity contribution in [1.29, 1.82) is 0 Å². The maximum Gasteiger partial charge on any atom is 0.287 e. The van der Waals surface area contributed by atoms with Gasteiger partial charge in [0.2, 0.25) is 0 Å². The number of carbonyl (C=O) groups is 2. The molecule has 0 fully saturated rings. The molecule has 0 unspecified atom stereocenters. The Labute approximate surface area is 172 Å². The monoisotopic (exact) mass is 398 g/mol. The van der Waals surface area contributed by atoms with Crippen molar-refractivity contribution in [2.24, 2.45) is 0 Å². The number of para-hydroxylation sites is 1. The predicted molar refractivity (Wildman–Crippen MR) is 111 cm³/mol. The minimum atomic E-state index is -0.269. The number of amides is 2. The quantitative estimate of drug-likeness (QED) is 0.742. The fourth-order valence-corrected chi connectivity index (χ4v) is 3.67. The minimum Gasteiger partial charge on any atom is -0.496 e. The van der Waals surface area contributed by atoms with E-state index in [1.165, 1.54) is 0 Å². The molecule has 0 bridgehead atoms. The van der Waals surface area contributed by atoms with E-state index in [1.807, 2.05) is 28.8 Å². The Hall–Kier alpha value is -2.83. The molecule has 7 heteroatoms. The van der Waals surface area contributed by atoms with Crippen LogP contribution in [0.4, 0.5) is 0 Å². The Balaban J connectivity index is 1.81. The first kappa shape index (κ1) is 20.9. The maximum absolute atomic E-state index is 12.9. The number of nitrogens with zero attached hydrogens (tertiary/aromatic N) is 3. The number of unbranched alkanes of at least 4 members (excludes halogenated alkanes) is 1. The van der Waals surface area contributed by atoms with E-state index in [0.29, 0.717) is 31.2 Å². The zero-order valence-electron chi connectivity index (χ0n) is 17.5. The first-order valence-electron chi connectivity index (χ1n) is 10.3. The number of hydrogen-bond acceptors (Lipinski definition) is 4. The maximum atomic E-state index is 12.9. The van der Waals surface area contributed by atoms with Crippen LogP contribution in [0, 0.1) is 0 Å². The van der Waals surface area contributed by atoms with Crippen molar-refractivity contribution in [1.82, 2.24) is 19.8 Å². The SMILES string of the molecule is CCCCN(C)C(=O)c1nc(C(=O)NCc2ccccc2OC)n2c1CCCC2. The molecule has 0 atom stereocenters. The van der Waals surface area contributed by atoms with Crippen LogP contribution in [0.25, 0.3) is 0 Å². The summed E-state index contributed by atoms with van der Waals surface area (Å²) >= 11 is 0. The molecule has 1 aromatic carbocycles. The summed E-state index contributed by atoms with van der Waals surface area (Å²) in [5.41, 5.74) is 2.20. The smallest absolute Gasteiger partial charge is 0.287 e. The fourth-order valence-electron chi connectivity index (χ4n) is 3.67. The van der Waals surface area contributed by atoms with Gasteiger partial charge in [0.05, 0.1) is 12.8 Å². The average molecular weight is 399 g/mol. The third-order valence-corrected chi connectivity index (χ3v) is 5.35. The van der Waals surface area contributed by atoms with Crippen LogP contribution in [-0.2, 0) is 19.5 Å². The van der Waals surface area contributed by atoms with Crippen LogP contribution in [0.2, 0.25) is 0 Å². The fraction of sp³-hybridized carbons (Fsp3) is 0.500. The minimum absolute atomic E-state index is 0.104. The number of ether oxygens (including phenoxy) is 1. The van der Waals surface area contributed by atoms with Gasteiger partial charge in [-0.05, 0) is 31.7 Å². The van der Waals surface area contributed by atoms with Crippen LogP contribution < -0.4 is 10.1 Å². The number of fused-ring (bicyclic) bond motifs is 1. The largest absolute Gasteiger partial charge is 0.496 e. The molecule has 0 saturated heterocycles. The van der Waals surface area contributed by atoms with Gasteiger partial charge in [0.1, 0.15) is 11.4 Å². The summed E-state index contributed by atoms with van der Waals surface area (Å²) < 4.78 is 7.26. The highest BCUT2D eigenvalue weighted by molar-refractivity contribution is 5.97. The van der Waals surface area contributed by atoms with Crippen molar-refractivity contribution < 1.29 is 14.3 Å². The standard InChI is InChI=1S/C22H30N4O3/c1-4-5-13-25(2)22(28)19-17-11-8-9-14-26(17)20(24-19)21(27)23-15-16-10-6-7-12-18(16)29-3/h6-7,10,12H,4-5,8-9,11,13-15H2,1-3H3,(H,23,27). The molecule has 3 rings (SSSR count). The van der Waals surface area contributed by atoms with Gasteiger partial charge >= 0.3 is 0 Å². The first-order chi connectivity index (χ1) is 14.1. The van der Waals surface area contributed by atoms with Crippen LogP contribution in [0.3, 0.4) is 0 Å². The van der Waals surface area contributed by atoms with E-state index >= 15 is 0 Å². The van der Waals surface area contributed by atoms with Crippen LogP contribution in [-0.4, -0.2) is 47.0 Å². The molecule has 2 aromatic rings. The van der Waals surface area contributed by atoms with Gasteiger partial charge in [0, 0.05) is 32.2 Å². The Morgan fingerprint density at radius 1 is 1.28 bits per heavy atom. The van der Waals surface area contributed by atoms with Crippen molar-refractivity contribution >= 4 is 11.8 Å². The number of imidazole rings is 1. The third kappa shape index (κ3) is 4.60. The van der Waals surface area contributed by atoms with Crippen LogP contribution >= 0.6 is 0 Å². The summed E-state index contributed by atoms with van der Waals surface area (Å²) in [4.78, 5) is 32.0. The average Bonchev–Trinajstić information content (AvgIpc) is 3.15. The summed E-state index contributed by atoms with van der Waals surface area (Å²) in [5, 5.41) is 2.93. The number of benzene rings is 1. The van der Waals surface area contributed by atoms with Crippen molar-refractivity contribution in [3.8, 4) is 5.75 Å². The molecule has 2 heterocycles. The number of aromatic nitrogens is 2. The molecular formula is C22H30N4O3. The number of nitrogens with one attached hydrogen (secondary N) is 1. The molecule has 1 aliphatic rings. The Kier molecular flexibility index (Phi) is 6.90. The molecule has 1 aromatic heterocycles. The van der Waals surface area contributed by atoms with E-state index in [4.69, 9.17) is 4.74 Å². The predicted octanol–water partition coefficient (Wildman–Crippen LogP) is 3.03. The van der Waals surface area contributed by atoms with Gasteiger partial charge in [-0.3, -0.25) is 9.59 Å². The van der Waals surface area contributed by atoms with E-state index in [0.717, 1.165) is 49.1 Å². The Bertz CT molecular complexity index is 875. The van der Waals surface area contributed by atoms with Gasteiger partial charge in [0.25, 0.3) is 11.8 Å². The number of carbonyl (C=O) groups excluding carboxylic acids is 2. The lowest BCUT2D eigenvalue weighted by molar-refractivity contribution is 0.0786. The highest BCUT2D eigenvalue weighted by Crippen LogP contribution is 2.23. The van der Waals surface area contributed by atoms with E-state index < -0.39 is 0 Å². The zero-order valence-corrected chi connectivity index (χ0v) is 17.5. The summed E-state index contributed by atoms with van der Waals surface area (Å²) in [7, 11) is 3.41. The molecule has 2 amide bonds. The van der Waals surface area contributed by atoms with E-state index in [9.17, 15) is 9.59 Å². The topological polar surface area (TPSA) is 76.5 Å². The van der Waals surface area contributed by atoms with Crippen molar-refractivity contribution in [3.63, 3.8) is 0 Å². The van der Waals surface area contributed by atoms with Gasteiger partial charge in [0.15, 0.2) is 5.82 Å². The molecule has 0 spiro atoms. The second-order valence-corrected chi connectivity index (χ2v) is 7.41. The molecule has 1 aliphatic heterocycles. The first-order valence-corrected chi connectivity index (χ1v) is 10.3. The molecular weight excluding hydrogens is 368 g/mol. The van der Waals surface area contributed by atoms with E-state index in [2.05, 4.69) is 17.2 Å². The zero-order chi connectivity index (χ0) is 20.8. The summed E-state index contributed by atoms with van der Waals surface area (Å²) in [6, 6.07) is 7.58. The second kappa shape index (κ2) is 9.58. The van der Waals surface area contributed by atoms with Gasteiger partial charge in [-0.15, -0.1) is 0 Å². The molecule has 0 saturated carbocycles. The van der Waals surface area contributed by atoms with Crippen LogP contribution in [0.15, 0.2) is 24.3 Å². The molecule has 0 aliphatic carbocycles. The lowest BCUT2D eigenvalue weighted by atomic mass is 10.1. The lowest BCUT2D eigenvalue weighted by Crippen LogP contribution is -2.29. The highest BCUT2D eigenvalue weighted by Gasteiger charge is 2.28. The third-order valence-electron chi connectivity index (χ3n) is 5.35. The highest BCUT2D eigenvalue weighted by atomic mass is 16.5. The van der Waals surface area contributed by atoms with Crippen LogP contribution in [0.1, 0.15) is 65.0 Å². The number of methoxy groups -OCH3 is 1. The molecule has 0 radical (unpaired) electrons. The Morgan fingerprint density at radius 2 is 2.07 bits per heavy atom. The van der Waals surface area contributed by atoms with Gasteiger partial charge in [-0.25, -0.2) is 4.98 Å². The molecule has 29 heavy (non-hydrogen) atoms. The number of hydrogen-bond donors (Lipinski definition) is 1. The molecule has 156 valence electrons. The van der Waals surface area contributed by atoms with E-state index in [-0.39, 0.29) is 11.8 Å². The summed E-state index contributed by atoms with van der Waals surface area (Å²) in [6.07, 6.45) is 4.73. The van der Waals surface area contributed by atoms with Crippen LogP contribution in [0.5, 0.6) is 5.75 Å². The summed E-state index contributed by atoms with van der Waals surface area (Å²) in [5.74, 6) is 0.676. The van der Waals surface area contributed by atoms with Gasteiger partial charge < -0.3 is 19.5 Å². The van der Waals surface area contributed by atoms with Crippen molar-refractivity contribution in [2.45, 2.75) is 52.1 Å². The number of rotatable bonds is 8. The van der Waals surface area contributed by atoms with E-state index in [1.54, 1.807) is 19.1 Å². The lowest BCUT2D eigenvalue weighted by Gasteiger charge is -2.19.